The van der Waals surface area contributed by atoms with Crippen molar-refractivity contribution < 1.29 is 9.47 Å². The molecule has 0 spiro atoms. The van der Waals surface area contributed by atoms with Crippen molar-refractivity contribution in [3.05, 3.63) is 34.9 Å². The Morgan fingerprint density at radius 3 is 2.67 bits per heavy atom. The number of aryl methyl sites for hydroxylation is 1. The Balaban J connectivity index is 2.47. The molecule has 15 heavy (non-hydrogen) atoms. The molecule has 0 aromatic heterocycles. The Bertz CT molecular complexity index is 300. The quantitative estimate of drug-likeness (QED) is 0.724. The van der Waals surface area contributed by atoms with Crippen LogP contribution < -0.4 is 5.73 Å². The topological polar surface area (TPSA) is 44.5 Å². The van der Waals surface area contributed by atoms with Crippen molar-refractivity contribution in [2.24, 2.45) is 5.73 Å². The number of ether oxygens (including phenoxy) is 2. The van der Waals surface area contributed by atoms with E-state index in [0.29, 0.717) is 26.4 Å². The SMILES string of the molecule is COCCOCc1ccc(CN)cc1C. The molecule has 0 aliphatic rings. The van der Waals surface area contributed by atoms with Gasteiger partial charge in [-0.1, -0.05) is 18.2 Å². The van der Waals surface area contributed by atoms with Gasteiger partial charge < -0.3 is 15.2 Å². The summed E-state index contributed by atoms with van der Waals surface area (Å²) in [6.07, 6.45) is 0. The summed E-state index contributed by atoms with van der Waals surface area (Å²) in [5.74, 6) is 0. The fraction of sp³-hybridized carbons (Fsp3) is 0.500. The Kier molecular flexibility index (Phi) is 5.32. The molecule has 0 atom stereocenters. The van der Waals surface area contributed by atoms with Gasteiger partial charge in [0.1, 0.15) is 0 Å². The van der Waals surface area contributed by atoms with E-state index in [9.17, 15) is 0 Å². The van der Waals surface area contributed by atoms with E-state index in [0.717, 1.165) is 5.56 Å². The molecule has 0 saturated carbocycles. The average molecular weight is 209 g/mol. The normalized spacial score (nSPS) is 10.6. The fourth-order valence-electron chi connectivity index (χ4n) is 1.37. The summed E-state index contributed by atoms with van der Waals surface area (Å²) in [5, 5.41) is 0. The molecule has 1 aromatic carbocycles. The summed E-state index contributed by atoms with van der Waals surface area (Å²) in [5.41, 5.74) is 9.16. The zero-order valence-electron chi connectivity index (χ0n) is 9.45. The monoisotopic (exact) mass is 209 g/mol. The van der Waals surface area contributed by atoms with Crippen molar-refractivity contribution >= 4 is 0 Å². The van der Waals surface area contributed by atoms with Crippen molar-refractivity contribution in [1.29, 1.82) is 0 Å². The van der Waals surface area contributed by atoms with Crippen LogP contribution in [0.2, 0.25) is 0 Å². The number of methoxy groups -OCH3 is 1. The van der Waals surface area contributed by atoms with Crippen molar-refractivity contribution in [2.75, 3.05) is 20.3 Å². The Hall–Kier alpha value is -0.900. The van der Waals surface area contributed by atoms with Gasteiger partial charge in [-0.3, -0.25) is 0 Å². The van der Waals surface area contributed by atoms with Gasteiger partial charge in [-0.2, -0.15) is 0 Å². The van der Waals surface area contributed by atoms with E-state index in [2.05, 4.69) is 19.1 Å². The summed E-state index contributed by atoms with van der Waals surface area (Å²) in [7, 11) is 1.67. The molecular weight excluding hydrogens is 190 g/mol. The summed E-state index contributed by atoms with van der Waals surface area (Å²) in [6.45, 7) is 4.58. The zero-order chi connectivity index (χ0) is 11.1. The highest BCUT2D eigenvalue weighted by Crippen LogP contribution is 2.11. The molecule has 1 aromatic rings. The maximum atomic E-state index is 5.56. The second-order valence-corrected chi connectivity index (χ2v) is 3.51. The largest absolute Gasteiger partial charge is 0.382 e. The van der Waals surface area contributed by atoms with Crippen molar-refractivity contribution in [2.45, 2.75) is 20.1 Å². The minimum Gasteiger partial charge on any atom is -0.382 e. The maximum absolute atomic E-state index is 5.56. The molecule has 3 nitrogen and oxygen atoms in total. The molecule has 0 bridgehead atoms. The first-order chi connectivity index (χ1) is 7.27. The van der Waals surface area contributed by atoms with E-state index in [1.807, 2.05) is 6.07 Å². The highest BCUT2D eigenvalue weighted by molar-refractivity contribution is 5.30. The highest BCUT2D eigenvalue weighted by Gasteiger charge is 1.99. The van der Waals surface area contributed by atoms with Gasteiger partial charge >= 0.3 is 0 Å². The molecule has 0 amide bonds. The molecule has 0 radical (unpaired) electrons. The van der Waals surface area contributed by atoms with Gasteiger partial charge in [-0.25, -0.2) is 0 Å². The molecule has 0 aliphatic heterocycles. The summed E-state index contributed by atoms with van der Waals surface area (Å²) < 4.78 is 10.4. The van der Waals surface area contributed by atoms with E-state index in [-0.39, 0.29) is 0 Å². The van der Waals surface area contributed by atoms with Gasteiger partial charge in [0.25, 0.3) is 0 Å². The lowest BCUT2D eigenvalue weighted by Gasteiger charge is -2.08. The van der Waals surface area contributed by atoms with Gasteiger partial charge in [0.05, 0.1) is 19.8 Å². The number of nitrogens with two attached hydrogens (primary N) is 1. The van der Waals surface area contributed by atoms with Crippen molar-refractivity contribution in [1.82, 2.24) is 0 Å². The molecule has 0 heterocycles. The fourth-order valence-corrected chi connectivity index (χ4v) is 1.37. The maximum Gasteiger partial charge on any atom is 0.0720 e. The zero-order valence-corrected chi connectivity index (χ0v) is 9.45. The summed E-state index contributed by atoms with van der Waals surface area (Å²) in [4.78, 5) is 0. The average Bonchev–Trinajstić information content (AvgIpc) is 2.26. The van der Waals surface area contributed by atoms with Gasteiger partial charge in [0.2, 0.25) is 0 Å². The van der Waals surface area contributed by atoms with Gasteiger partial charge in [-0.05, 0) is 23.6 Å². The summed E-state index contributed by atoms with van der Waals surface area (Å²) in [6, 6.07) is 6.22. The lowest BCUT2D eigenvalue weighted by Crippen LogP contribution is -2.03. The van der Waals surface area contributed by atoms with Crippen LogP contribution in [0.15, 0.2) is 18.2 Å². The first kappa shape index (κ1) is 12.2. The molecule has 0 unspecified atom stereocenters. The van der Waals surface area contributed by atoms with Crippen LogP contribution in [0.25, 0.3) is 0 Å². The van der Waals surface area contributed by atoms with E-state index in [4.69, 9.17) is 15.2 Å². The van der Waals surface area contributed by atoms with Crippen LogP contribution in [0.5, 0.6) is 0 Å². The van der Waals surface area contributed by atoms with Crippen LogP contribution >= 0.6 is 0 Å². The second kappa shape index (κ2) is 6.56. The second-order valence-electron chi connectivity index (χ2n) is 3.51. The van der Waals surface area contributed by atoms with Gasteiger partial charge in [0.15, 0.2) is 0 Å². The Morgan fingerprint density at radius 1 is 1.27 bits per heavy atom. The predicted molar refractivity (Wildman–Crippen MR) is 60.6 cm³/mol. The smallest absolute Gasteiger partial charge is 0.0720 e. The number of rotatable bonds is 6. The van der Waals surface area contributed by atoms with Crippen LogP contribution in [-0.2, 0) is 22.6 Å². The molecule has 3 heteroatoms. The first-order valence-corrected chi connectivity index (χ1v) is 5.13. The van der Waals surface area contributed by atoms with E-state index < -0.39 is 0 Å². The van der Waals surface area contributed by atoms with E-state index >= 15 is 0 Å². The lowest BCUT2D eigenvalue weighted by atomic mass is 10.1. The van der Waals surface area contributed by atoms with E-state index in [1.54, 1.807) is 7.11 Å². The minimum atomic E-state index is 0.589. The van der Waals surface area contributed by atoms with Gasteiger partial charge in [-0.15, -0.1) is 0 Å². The van der Waals surface area contributed by atoms with Crippen molar-refractivity contribution in [3.8, 4) is 0 Å². The third kappa shape index (κ3) is 4.00. The van der Waals surface area contributed by atoms with Crippen LogP contribution in [-0.4, -0.2) is 20.3 Å². The Morgan fingerprint density at radius 2 is 2.07 bits per heavy atom. The molecule has 84 valence electrons. The molecule has 0 fully saturated rings. The first-order valence-electron chi connectivity index (χ1n) is 5.13. The summed E-state index contributed by atoms with van der Waals surface area (Å²) >= 11 is 0. The standard InChI is InChI=1S/C12H19NO2/c1-10-7-11(8-13)3-4-12(10)9-15-6-5-14-2/h3-4,7H,5-6,8-9,13H2,1-2H3. The predicted octanol–water partition coefficient (Wildman–Crippen LogP) is 1.62. The molecule has 1 rings (SSSR count). The Labute approximate surface area is 91.2 Å². The molecular formula is C12H19NO2. The number of hydrogen-bond donors (Lipinski definition) is 1. The van der Waals surface area contributed by atoms with Crippen LogP contribution in [0.3, 0.4) is 0 Å². The lowest BCUT2D eigenvalue weighted by molar-refractivity contribution is 0.0614. The van der Waals surface area contributed by atoms with Crippen LogP contribution in [0.4, 0.5) is 0 Å². The van der Waals surface area contributed by atoms with Crippen LogP contribution in [0, 0.1) is 6.92 Å². The number of hydrogen-bond acceptors (Lipinski definition) is 3. The third-order valence-electron chi connectivity index (χ3n) is 2.33. The molecule has 0 saturated heterocycles. The third-order valence-corrected chi connectivity index (χ3v) is 2.33. The minimum absolute atomic E-state index is 0.589. The highest BCUT2D eigenvalue weighted by atomic mass is 16.5. The van der Waals surface area contributed by atoms with E-state index in [1.165, 1.54) is 11.1 Å². The van der Waals surface area contributed by atoms with Crippen LogP contribution in [0.1, 0.15) is 16.7 Å². The van der Waals surface area contributed by atoms with Crippen molar-refractivity contribution in [3.63, 3.8) is 0 Å². The molecule has 2 N–H and O–H groups in total. The number of benzene rings is 1. The van der Waals surface area contributed by atoms with Gasteiger partial charge in [0, 0.05) is 13.7 Å². The molecule has 0 aliphatic carbocycles.